The molecule has 5 nitrogen and oxygen atoms in total. The molecule has 1 unspecified atom stereocenters. The van der Waals surface area contributed by atoms with Gasteiger partial charge in [-0.1, -0.05) is 18.3 Å². The van der Waals surface area contributed by atoms with Gasteiger partial charge in [0.25, 0.3) is 5.91 Å². The van der Waals surface area contributed by atoms with E-state index in [1.807, 2.05) is 20.8 Å². The maximum absolute atomic E-state index is 12.2. The number of hydrogen-bond donors (Lipinski definition) is 2. The molecule has 0 saturated heterocycles. The summed E-state index contributed by atoms with van der Waals surface area (Å²) in [5.74, 6) is 2.65. The second-order valence-corrected chi connectivity index (χ2v) is 5.35. The third-order valence-electron chi connectivity index (χ3n) is 3.07. The van der Waals surface area contributed by atoms with Gasteiger partial charge in [-0.15, -0.1) is 12.3 Å². The number of carbonyl (C=O) groups is 1. The first-order chi connectivity index (χ1) is 9.57. The van der Waals surface area contributed by atoms with Gasteiger partial charge >= 0.3 is 0 Å². The highest BCUT2D eigenvalue weighted by Crippen LogP contribution is 2.28. The SMILES string of the molecule is C#CCC(CC)NC(=O)c1sc(N(CC)CC)nc1N. The van der Waals surface area contributed by atoms with Gasteiger partial charge in [-0.05, 0) is 20.3 Å². The number of hydrogen-bond acceptors (Lipinski definition) is 5. The van der Waals surface area contributed by atoms with Crippen LogP contribution in [0.5, 0.6) is 0 Å². The summed E-state index contributed by atoms with van der Waals surface area (Å²) in [6, 6.07) is -0.0223. The van der Waals surface area contributed by atoms with E-state index in [2.05, 4.69) is 21.1 Å². The molecule has 0 aliphatic heterocycles. The molecule has 0 fully saturated rings. The van der Waals surface area contributed by atoms with Crippen molar-refractivity contribution in [1.29, 1.82) is 0 Å². The number of terminal acetylenes is 1. The summed E-state index contributed by atoms with van der Waals surface area (Å²) >= 11 is 1.32. The average Bonchev–Trinajstić information content (AvgIpc) is 2.81. The Bertz CT molecular complexity index is 488. The van der Waals surface area contributed by atoms with Crippen molar-refractivity contribution in [2.24, 2.45) is 0 Å². The van der Waals surface area contributed by atoms with Gasteiger partial charge in [-0.25, -0.2) is 4.98 Å². The number of carbonyl (C=O) groups excluding carboxylic acids is 1. The molecule has 0 radical (unpaired) electrons. The number of thiazole rings is 1. The van der Waals surface area contributed by atoms with Crippen molar-refractivity contribution in [1.82, 2.24) is 10.3 Å². The van der Waals surface area contributed by atoms with Crippen molar-refractivity contribution in [2.45, 2.75) is 39.7 Å². The van der Waals surface area contributed by atoms with Crippen LogP contribution in [-0.2, 0) is 0 Å². The van der Waals surface area contributed by atoms with Crippen molar-refractivity contribution in [3.8, 4) is 12.3 Å². The summed E-state index contributed by atoms with van der Waals surface area (Å²) in [5.41, 5.74) is 5.85. The van der Waals surface area contributed by atoms with Crippen LogP contribution in [0.25, 0.3) is 0 Å². The molecule has 1 heterocycles. The van der Waals surface area contributed by atoms with Gasteiger partial charge in [0.05, 0.1) is 0 Å². The lowest BCUT2D eigenvalue weighted by molar-refractivity contribution is 0.0941. The summed E-state index contributed by atoms with van der Waals surface area (Å²) in [4.78, 5) is 19.0. The first kappa shape index (κ1) is 16.3. The Labute approximate surface area is 124 Å². The smallest absolute Gasteiger partial charge is 0.265 e. The summed E-state index contributed by atoms with van der Waals surface area (Å²) in [6.07, 6.45) is 6.59. The van der Waals surface area contributed by atoms with Crippen molar-refractivity contribution in [2.75, 3.05) is 23.7 Å². The molecule has 0 spiro atoms. The number of nitrogens with one attached hydrogen (secondary N) is 1. The Morgan fingerprint density at radius 1 is 1.50 bits per heavy atom. The van der Waals surface area contributed by atoms with E-state index in [1.165, 1.54) is 11.3 Å². The standard InChI is InChI=1S/C14H22N4OS/c1-5-9-10(6-2)16-13(19)11-12(15)17-14(20-11)18(7-3)8-4/h1,10H,6-9,15H2,2-4H3,(H,16,19). The number of amides is 1. The highest BCUT2D eigenvalue weighted by Gasteiger charge is 2.20. The molecule has 1 atom stereocenters. The molecule has 0 aromatic carbocycles. The molecule has 1 amide bonds. The molecule has 0 aliphatic rings. The zero-order chi connectivity index (χ0) is 15.1. The van der Waals surface area contributed by atoms with E-state index in [0.29, 0.717) is 11.3 Å². The Morgan fingerprint density at radius 3 is 2.65 bits per heavy atom. The molecule has 20 heavy (non-hydrogen) atoms. The summed E-state index contributed by atoms with van der Waals surface area (Å²) < 4.78 is 0. The van der Waals surface area contributed by atoms with Crippen LogP contribution >= 0.6 is 11.3 Å². The topological polar surface area (TPSA) is 71.2 Å². The van der Waals surface area contributed by atoms with Crippen LogP contribution in [0.3, 0.4) is 0 Å². The van der Waals surface area contributed by atoms with Gasteiger partial charge < -0.3 is 16.0 Å². The van der Waals surface area contributed by atoms with E-state index in [9.17, 15) is 4.79 Å². The molecular weight excluding hydrogens is 272 g/mol. The zero-order valence-electron chi connectivity index (χ0n) is 12.3. The average molecular weight is 294 g/mol. The molecule has 1 aromatic heterocycles. The van der Waals surface area contributed by atoms with E-state index in [0.717, 1.165) is 24.6 Å². The fraction of sp³-hybridized carbons (Fsp3) is 0.571. The minimum atomic E-state index is -0.194. The quantitative estimate of drug-likeness (QED) is 0.756. The monoisotopic (exact) mass is 294 g/mol. The normalized spacial score (nSPS) is 11.7. The Morgan fingerprint density at radius 2 is 2.15 bits per heavy atom. The fourth-order valence-electron chi connectivity index (χ4n) is 1.80. The largest absolute Gasteiger partial charge is 0.382 e. The highest BCUT2D eigenvalue weighted by atomic mass is 32.1. The zero-order valence-corrected chi connectivity index (χ0v) is 13.1. The molecule has 0 aliphatic carbocycles. The van der Waals surface area contributed by atoms with Crippen LogP contribution < -0.4 is 16.0 Å². The molecule has 0 bridgehead atoms. The van der Waals surface area contributed by atoms with E-state index >= 15 is 0 Å². The number of rotatable bonds is 7. The summed E-state index contributed by atoms with van der Waals surface area (Å²) in [6.45, 7) is 7.74. The molecule has 1 rings (SSSR count). The predicted octanol–water partition coefficient (Wildman–Crippen LogP) is 2.10. The highest BCUT2D eigenvalue weighted by molar-refractivity contribution is 7.18. The Hall–Kier alpha value is -1.74. The predicted molar refractivity (Wildman–Crippen MR) is 85.1 cm³/mol. The third-order valence-corrected chi connectivity index (χ3v) is 4.21. The molecule has 110 valence electrons. The number of anilines is 2. The fourth-order valence-corrected chi connectivity index (χ4v) is 2.82. The van der Waals surface area contributed by atoms with Gasteiger partial charge in [0.2, 0.25) is 0 Å². The lowest BCUT2D eigenvalue weighted by Crippen LogP contribution is -2.34. The second kappa shape index (κ2) is 7.75. The number of nitrogen functional groups attached to an aromatic ring is 1. The summed E-state index contributed by atoms with van der Waals surface area (Å²) in [5, 5.41) is 3.68. The van der Waals surface area contributed by atoms with Crippen molar-refractivity contribution in [3.05, 3.63) is 4.88 Å². The van der Waals surface area contributed by atoms with E-state index in [-0.39, 0.29) is 17.8 Å². The Balaban J connectivity index is 2.86. The molecule has 3 N–H and O–H groups in total. The lowest BCUT2D eigenvalue weighted by atomic mass is 10.1. The maximum Gasteiger partial charge on any atom is 0.265 e. The molecule has 6 heteroatoms. The van der Waals surface area contributed by atoms with Crippen molar-refractivity contribution >= 4 is 28.2 Å². The van der Waals surface area contributed by atoms with Crippen LogP contribution in [-0.4, -0.2) is 30.0 Å². The van der Waals surface area contributed by atoms with Gasteiger partial charge in [0, 0.05) is 25.6 Å². The van der Waals surface area contributed by atoms with Gasteiger partial charge in [-0.2, -0.15) is 0 Å². The third kappa shape index (κ3) is 3.87. The van der Waals surface area contributed by atoms with E-state index in [1.54, 1.807) is 0 Å². The lowest BCUT2D eigenvalue weighted by Gasteiger charge is -2.16. The second-order valence-electron chi connectivity index (χ2n) is 4.37. The number of nitrogens with two attached hydrogens (primary N) is 1. The Kier molecular flexibility index (Phi) is 6.32. The minimum Gasteiger partial charge on any atom is -0.382 e. The maximum atomic E-state index is 12.2. The number of nitrogens with zero attached hydrogens (tertiary/aromatic N) is 2. The van der Waals surface area contributed by atoms with Crippen LogP contribution in [0.2, 0.25) is 0 Å². The van der Waals surface area contributed by atoms with Crippen LogP contribution in [0.15, 0.2) is 0 Å². The van der Waals surface area contributed by atoms with Crippen LogP contribution in [0, 0.1) is 12.3 Å². The van der Waals surface area contributed by atoms with E-state index < -0.39 is 0 Å². The summed E-state index contributed by atoms with van der Waals surface area (Å²) in [7, 11) is 0. The first-order valence-electron chi connectivity index (χ1n) is 6.82. The van der Waals surface area contributed by atoms with Crippen LogP contribution in [0.1, 0.15) is 43.3 Å². The minimum absolute atomic E-state index is 0.0223. The van der Waals surface area contributed by atoms with Crippen molar-refractivity contribution < 1.29 is 4.79 Å². The van der Waals surface area contributed by atoms with Gasteiger partial charge in [-0.3, -0.25) is 4.79 Å². The molecule has 0 saturated carbocycles. The van der Waals surface area contributed by atoms with Crippen LogP contribution in [0.4, 0.5) is 10.9 Å². The van der Waals surface area contributed by atoms with Gasteiger partial charge in [0.15, 0.2) is 5.13 Å². The first-order valence-corrected chi connectivity index (χ1v) is 7.64. The number of aromatic nitrogens is 1. The molecule has 1 aromatic rings. The van der Waals surface area contributed by atoms with Crippen molar-refractivity contribution in [3.63, 3.8) is 0 Å². The van der Waals surface area contributed by atoms with E-state index in [4.69, 9.17) is 12.2 Å². The van der Waals surface area contributed by atoms with Gasteiger partial charge in [0.1, 0.15) is 10.7 Å². The molecular formula is C14H22N4OS.